The van der Waals surface area contributed by atoms with E-state index in [1.165, 1.54) is 12.4 Å². The van der Waals surface area contributed by atoms with Gasteiger partial charge in [0.05, 0.1) is 17.8 Å². The Morgan fingerprint density at radius 3 is 2.70 bits per heavy atom. The Morgan fingerprint density at radius 2 is 1.97 bits per heavy atom. The maximum Gasteiger partial charge on any atom is 0.335 e. The smallest absolute Gasteiger partial charge is 0.335 e. The number of hydrogen-bond acceptors (Lipinski definition) is 5. The molecule has 7 nitrogen and oxygen atoms in total. The minimum absolute atomic E-state index is 0.0371. The van der Waals surface area contributed by atoms with E-state index in [0.29, 0.717) is 11.4 Å². The summed E-state index contributed by atoms with van der Waals surface area (Å²) in [6.45, 7) is 4.26. The normalized spacial score (nSPS) is 16.8. The van der Waals surface area contributed by atoms with Gasteiger partial charge in [0.2, 0.25) is 0 Å². The molecular weight excluding hydrogens is 380 g/mol. The summed E-state index contributed by atoms with van der Waals surface area (Å²) < 4.78 is 0. The Morgan fingerprint density at radius 1 is 1.13 bits per heavy atom. The van der Waals surface area contributed by atoms with Crippen LogP contribution >= 0.6 is 0 Å². The molecule has 1 unspecified atom stereocenters. The van der Waals surface area contributed by atoms with E-state index in [0.717, 1.165) is 23.2 Å². The number of nitrogens with one attached hydrogen (secondary N) is 2. The number of hydrogen-bond donors (Lipinski definition) is 3. The highest BCUT2D eigenvalue weighted by molar-refractivity contribution is 6.03. The molecule has 0 bridgehead atoms. The molecule has 152 valence electrons. The van der Waals surface area contributed by atoms with E-state index >= 15 is 0 Å². The van der Waals surface area contributed by atoms with Crippen molar-refractivity contribution in [3.8, 4) is 0 Å². The molecule has 3 N–H and O–H groups in total. The Hall–Kier alpha value is -3.74. The highest BCUT2D eigenvalue weighted by atomic mass is 16.4. The molecule has 7 heteroatoms. The van der Waals surface area contributed by atoms with Crippen LogP contribution in [-0.4, -0.2) is 27.0 Å². The van der Waals surface area contributed by atoms with Crippen molar-refractivity contribution >= 4 is 23.4 Å². The fourth-order valence-electron chi connectivity index (χ4n) is 3.90. The minimum Gasteiger partial charge on any atom is -0.478 e. The number of aromatic nitrogens is 2. The van der Waals surface area contributed by atoms with Crippen LogP contribution < -0.4 is 10.6 Å². The van der Waals surface area contributed by atoms with Crippen molar-refractivity contribution in [3.63, 3.8) is 0 Å². The summed E-state index contributed by atoms with van der Waals surface area (Å²) in [6, 6.07) is 12.6. The number of carboxylic acid groups (broad SMARTS) is 1. The molecule has 30 heavy (non-hydrogen) atoms. The van der Waals surface area contributed by atoms with E-state index in [-0.39, 0.29) is 22.9 Å². The molecule has 1 atom stereocenters. The summed E-state index contributed by atoms with van der Waals surface area (Å²) in [5.74, 6) is -0.788. The maximum absolute atomic E-state index is 12.7. The number of carbonyl (C=O) groups is 2. The maximum atomic E-state index is 12.7. The molecule has 1 aliphatic rings. The SMILES string of the molecule is CC1(C)Cc2cc(C(=O)O)ccc2NC1c1cccc(C(=O)Nc2cnccn2)c1. The van der Waals surface area contributed by atoms with Crippen LogP contribution in [0.15, 0.2) is 61.1 Å². The quantitative estimate of drug-likeness (QED) is 0.605. The van der Waals surface area contributed by atoms with Crippen LogP contribution in [0.4, 0.5) is 11.5 Å². The molecule has 2 aromatic carbocycles. The van der Waals surface area contributed by atoms with Crippen molar-refractivity contribution in [2.75, 3.05) is 10.6 Å². The van der Waals surface area contributed by atoms with Gasteiger partial charge in [0.15, 0.2) is 5.82 Å². The first kappa shape index (κ1) is 19.6. The Bertz CT molecular complexity index is 1110. The molecule has 3 aromatic rings. The third-order valence-electron chi connectivity index (χ3n) is 5.37. The van der Waals surface area contributed by atoms with Crippen molar-refractivity contribution in [1.82, 2.24) is 9.97 Å². The van der Waals surface area contributed by atoms with Gasteiger partial charge in [-0.3, -0.25) is 9.78 Å². The number of carboxylic acids is 1. The molecule has 0 aliphatic carbocycles. The van der Waals surface area contributed by atoms with E-state index < -0.39 is 5.97 Å². The van der Waals surface area contributed by atoms with E-state index in [1.807, 2.05) is 24.3 Å². The van der Waals surface area contributed by atoms with Gasteiger partial charge in [-0.05, 0) is 53.3 Å². The zero-order valence-corrected chi connectivity index (χ0v) is 16.7. The molecule has 0 saturated carbocycles. The second-order valence-electron chi connectivity index (χ2n) is 8.09. The van der Waals surface area contributed by atoms with Gasteiger partial charge in [-0.2, -0.15) is 0 Å². The summed E-state index contributed by atoms with van der Waals surface area (Å²) in [7, 11) is 0. The van der Waals surface area contributed by atoms with Gasteiger partial charge in [-0.15, -0.1) is 0 Å². The minimum atomic E-state index is -0.931. The number of anilines is 2. The summed E-state index contributed by atoms with van der Waals surface area (Å²) >= 11 is 0. The lowest BCUT2D eigenvalue weighted by Crippen LogP contribution is -2.35. The Kier molecular flexibility index (Phi) is 4.95. The molecular formula is C23H22N4O3. The van der Waals surface area contributed by atoms with Crippen molar-refractivity contribution in [2.24, 2.45) is 5.41 Å². The van der Waals surface area contributed by atoms with Crippen LogP contribution in [0.5, 0.6) is 0 Å². The molecule has 1 amide bonds. The third-order valence-corrected chi connectivity index (χ3v) is 5.37. The van der Waals surface area contributed by atoms with E-state index in [4.69, 9.17) is 0 Å². The number of rotatable bonds is 4. The topological polar surface area (TPSA) is 104 Å². The van der Waals surface area contributed by atoms with Crippen LogP contribution in [0.2, 0.25) is 0 Å². The van der Waals surface area contributed by atoms with Crippen LogP contribution in [0, 0.1) is 5.41 Å². The molecule has 4 rings (SSSR count). The molecule has 0 saturated heterocycles. The molecule has 0 radical (unpaired) electrons. The first-order valence-corrected chi connectivity index (χ1v) is 9.63. The van der Waals surface area contributed by atoms with Gasteiger partial charge in [-0.1, -0.05) is 26.0 Å². The number of nitrogens with zero attached hydrogens (tertiary/aromatic N) is 2. The van der Waals surface area contributed by atoms with Crippen LogP contribution in [0.1, 0.15) is 51.7 Å². The standard InChI is InChI=1S/C23H22N4O3/c1-23(2)12-17-11-16(22(29)30)6-7-18(17)26-20(23)14-4-3-5-15(10-14)21(28)27-19-13-24-8-9-25-19/h3-11,13,20,26H,12H2,1-2H3,(H,29,30)(H,25,27,28). The van der Waals surface area contributed by atoms with Crippen molar-refractivity contribution in [2.45, 2.75) is 26.3 Å². The number of fused-ring (bicyclic) bond motifs is 1. The zero-order valence-electron chi connectivity index (χ0n) is 16.7. The van der Waals surface area contributed by atoms with E-state index in [2.05, 4.69) is 34.4 Å². The summed E-state index contributed by atoms with van der Waals surface area (Å²) in [6.07, 6.45) is 5.28. The van der Waals surface area contributed by atoms with E-state index in [1.54, 1.807) is 24.4 Å². The zero-order chi connectivity index (χ0) is 21.3. The Balaban J connectivity index is 1.61. The fraction of sp³-hybridized carbons (Fsp3) is 0.217. The van der Waals surface area contributed by atoms with Crippen LogP contribution in [0.25, 0.3) is 0 Å². The van der Waals surface area contributed by atoms with Gasteiger partial charge in [0.1, 0.15) is 0 Å². The lowest BCUT2D eigenvalue weighted by Gasteiger charge is -2.41. The predicted octanol–water partition coefficient (Wildman–Crippen LogP) is 4.16. The fourth-order valence-corrected chi connectivity index (χ4v) is 3.90. The van der Waals surface area contributed by atoms with Gasteiger partial charge >= 0.3 is 5.97 Å². The summed E-state index contributed by atoms with van der Waals surface area (Å²) in [5, 5.41) is 15.6. The van der Waals surface area contributed by atoms with Gasteiger partial charge in [0.25, 0.3) is 5.91 Å². The average molecular weight is 402 g/mol. The number of carbonyl (C=O) groups excluding carboxylic acids is 1. The number of aromatic carboxylic acids is 1. The second-order valence-corrected chi connectivity index (χ2v) is 8.09. The van der Waals surface area contributed by atoms with Crippen molar-refractivity contribution < 1.29 is 14.7 Å². The molecule has 1 aliphatic heterocycles. The molecule has 0 spiro atoms. The summed E-state index contributed by atoms with van der Waals surface area (Å²) in [4.78, 5) is 32.0. The van der Waals surface area contributed by atoms with Crippen LogP contribution in [0.3, 0.4) is 0 Å². The van der Waals surface area contributed by atoms with Crippen LogP contribution in [-0.2, 0) is 6.42 Å². The molecule has 2 heterocycles. The first-order chi connectivity index (χ1) is 14.3. The van der Waals surface area contributed by atoms with Gasteiger partial charge < -0.3 is 15.7 Å². The highest BCUT2D eigenvalue weighted by Gasteiger charge is 2.36. The van der Waals surface area contributed by atoms with Gasteiger partial charge in [-0.25, -0.2) is 9.78 Å². The lowest BCUT2D eigenvalue weighted by atomic mass is 9.72. The third kappa shape index (κ3) is 3.87. The average Bonchev–Trinajstić information content (AvgIpc) is 2.73. The monoisotopic (exact) mass is 402 g/mol. The number of amides is 1. The number of benzene rings is 2. The van der Waals surface area contributed by atoms with Gasteiger partial charge in [0, 0.05) is 23.6 Å². The largest absolute Gasteiger partial charge is 0.478 e. The Labute approximate surface area is 174 Å². The predicted molar refractivity (Wildman–Crippen MR) is 114 cm³/mol. The first-order valence-electron chi connectivity index (χ1n) is 9.63. The molecule has 1 aromatic heterocycles. The lowest BCUT2D eigenvalue weighted by molar-refractivity contribution is 0.0696. The van der Waals surface area contributed by atoms with Crippen molar-refractivity contribution in [1.29, 1.82) is 0 Å². The second kappa shape index (κ2) is 7.59. The molecule has 0 fully saturated rings. The van der Waals surface area contributed by atoms with Crippen molar-refractivity contribution in [3.05, 3.63) is 83.3 Å². The van der Waals surface area contributed by atoms with E-state index in [9.17, 15) is 14.7 Å². The summed E-state index contributed by atoms with van der Waals surface area (Å²) in [5.41, 5.74) is 3.51. The highest BCUT2D eigenvalue weighted by Crippen LogP contribution is 2.45.